The summed E-state index contributed by atoms with van der Waals surface area (Å²) < 4.78 is 43.4. The van der Waals surface area contributed by atoms with E-state index in [4.69, 9.17) is 4.74 Å². The van der Waals surface area contributed by atoms with Crippen LogP contribution in [0.2, 0.25) is 0 Å². The van der Waals surface area contributed by atoms with Gasteiger partial charge in [0.25, 0.3) is 5.91 Å². The van der Waals surface area contributed by atoms with Crippen molar-refractivity contribution in [2.75, 3.05) is 32.8 Å². The Bertz CT molecular complexity index is 930. The molecule has 2 aromatic carbocycles. The Kier molecular flexibility index (Phi) is 6.99. The molecule has 31 heavy (non-hydrogen) atoms. The fourth-order valence-corrected chi connectivity index (χ4v) is 3.23. The zero-order chi connectivity index (χ0) is 22.4. The third-order valence-electron chi connectivity index (χ3n) is 4.95. The topological polar surface area (TPSA) is 49.9 Å². The number of carbonyl (C=O) groups excluding carboxylic acids is 2. The Hall–Kier alpha value is -3.29. The highest BCUT2D eigenvalue weighted by atomic mass is 19.4. The molecule has 0 atom stereocenters. The van der Waals surface area contributed by atoms with E-state index < -0.39 is 11.7 Å². The number of nitrogens with zero attached hydrogens (tertiary/aromatic N) is 2. The zero-order valence-electron chi connectivity index (χ0n) is 17.1. The first-order valence-corrected chi connectivity index (χ1v) is 9.94. The van der Waals surface area contributed by atoms with Crippen LogP contribution in [0, 0.1) is 0 Å². The van der Waals surface area contributed by atoms with Crippen LogP contribution in [0.4, 0.5) is 13.2 Å². The average molecular weight is 432 g/mol. The van der Waals surface area contributed by atoms with Crippen LogP contribution < -0.4 is 4.74 Å². The molecule has 1 heterocycles. The normalized spacial score (nSPS) is 14.7. The molecule has 0 aliphatic carbocycles. The maximum atomic E-state index is 12.7. The first-order valence-electron chi connectivity index (χ1n) is 9.94. The van der Waals surface area contributed by atoms with E-state index in [2.05, 4.69) is 0 Å². The molecule has 8 heteroatoms. The van der Waals surface area contributed by atoms with Gasteiger partial charge < -0.3 is 14.5 Å². The van der Waals surface area contributed by atoms with Gasteiger partial charge in [0, 0.05) is 37.8 Å². The summed E-state index contributed by atoms with van der Waals surface area (Å²) in [4.78, 5) is 28.1. The Morgan fingerprint density at radius 3 is 2.06 bits per heavy atom. The summed E-state index contributed by atoms with van der Waals surface area (Å²) in [5, 5.41) is 0. The summed E-state index contributed by atoms with van der Waals surface area (Å²) >= 11 is 0. The average Bonchev–Trinajstić information content (AvgIpc) is 2.78. The molecule has 0 aromatic heterocycles. The van der Waals surface area contributed by atoms with Crippen LogP contribution in [0.3, 0.4) is 0 Å². The van der Waals surface area contributed by atoms with Crippen molar-refractivity contribution in [3.8, 4) is 5.75 Å². The lowest BCUT2D eigenvalue weighted by atomic mass is 10.1. The number of halogens is 3. The van der Waals surface area contributed by atoms with Gasteiger partial charge in [-0.1, -0.05) is 12.1 Å². The molecule has 0 spiro atoms. The van der Waals surface area contributed by atoms with Crippen LogP contribution in [0.25, 0.3) is 6.08 Å². The van der Waals surface area contributed by atoms with E-state index in [-0.39, 0.29) is 17.4 Å². The Morgan fingerprint density at radius 1 is 0.935 bits per heavy atom. The van der Waals surface area contributed by atoms with Crippen molar-refractivity contribution in [2.24, 2.45) is 0 Å². The lowest BCUT2D eigenvalue weighted by Crippen LogP contribution is -2.50. The molecular weight excluding hydrogens is 409 g/mol. The van der Waals surface area contributed by atoms with Crippen LogP contribution >= 0.6 is 0 Å². The fourth-order valence-electron chi connectivity index (χ4n) is 3.23. The van der Waals surface area contributed by atoms with E-state index in [9.17, 15) is 22.8 Å². The van der Waals surface area contributed by atoms with Crippen LogP contribution in [0.15, 0.2) is 54.6 Å². The van der Waals surface area contributed by atoms with Crippen molar-refractivity contribution < 1.29 is 27.5 Å². The highest BCUT2D eigenvalue weighted by Crippen LogP contribution is 2.29. The van der Waals surface area contributed by atoms with Gasteiger partial charge >= 0.3 is 6.18 Å². The number of ether oxygens (including phenoxy) is 1. The number of hydrogen-bond acceptors (Lipinski definition) is 3. The largest absolute Gasteiger partial charge is 0.494 e. The summed E-state index contributed by atoms with van der Waals surface area (Å²) in [7, 11) is 0. The third kappa shape index (κ3) is 5.87. The van der Waals surface area contributed by atoms with Crippen molar-refractivity contribution in [3.05, 3.63) is 71.3 Å². The summed E-state index contributed by atoms with van der Waals surface area (Å²) in [6.07, 6.45) is -1.23. The predicted octanol–water partition coefficient (Wildman–Crippen LogP) is 4.10. The van der Waals surface area contributed by atoms with E-state index in [1.165, 1.54) is 18.2 Å². The highest BCUT2D eigenvalue weighted by molar-refractivity contribution is 5.95. The van der Waals surface area contributed by atoms with Gasteiger partial charge in [-0.05, 0) is 55.0 Å². The van der Waals surface area contributed by atoms with E-state index in [0.717, 1.165) is 23.4 Å². The van der Waals surface area contributed by atoms with Crippen molar-refractivity contribution in [2.45, 2.75) is 13.1 Å². The fraction of sp³-hybridized carbons (Fsp3) is 0.304. The van der Waals surface area contributed by atoms with E-state index >= 15 is 0 Å². The molecule has 0 bridgehead atoms. The third-order valence-corrected chi connectivity index (χ3v) is 4.95. The van der Waals surface area contributed by atoms with E-state index in [1.54, 1.807) is 15.9 Å². The Labute approximate surface area is 178 Å². The molecule has 1 aliphatic rings. The zero-order valence-corrected chi connectivity index (χ0v) is 17.1. The molecule has 1 saturated heterocycles. The van der Waals surface area contributed by atoms with Gasteiger partial charge in [-0.2, -0.15) is 13.2 Å². The molecule has 0 unspecified atom stereocenters. The maximum Gasteiger partial charge on any atom is 0.416 e. The van der Waals surface area contributed by atoms with Crippen LogP contribution in [-0.2, 0) is 11.0 Å². The predicted molar refractivity (Wildman–Crippen MR) is 111 cm³/mol. The molecule has 1 fully saturated rings. The summed E-state index contributed by atoms with van der Waals surface area (Å²) in [5.41, 5.74) is 0.273. The minimum absolute atomic E-state index is 0.157. The molecule has 2 amide bonds. The van der Waals surface area contributed by atoms with Crippen molar-refractivity contribution in [1.29, 1.82) is 0 Å². The molecule has 164 valence electrons. The second-order valence-electron chi connectivity index (χ2n) is 7.03. The SMILES string of the molecule is CCOc1ccc(/C=C/C(=O)N2CCN(C(=O)c3ccc(C(F)(F)F)cc3)CC2)cc1. The summed E-state index contributed by atoms with van der Waals surface area (Å²) in [5.74, 6) is 0.265. The standard InChI is InChI=1S/C23H23F3N2O3/c1-2-31-20-10-3-17(4-11-20)5-12-21(29)27-13-15-28(16-14-27)22(30)18-6-8-19(9-7-18)23(24,25)26/h3-12H,2,13-16H2,1H3/b12-5+. The first kappa shape index (κ1) is 22.4. The van der Waals surface area contributed by atoms with E-state index in [0.29, 0.717) is 32.8 Å². The van der Waals surface area contributed by atoms with Gasteiger partial charge in [-0.25, -0.2) is 0 Å². The van der Waals surface area contributed by atoms with Gasteiger partial charge in [0.05, 0.1) is 12.2 Å². The van der Waals surface area contributed by atoms with Gasteiger partial charge in [0.2, 0.25) is 5.91 Å². The quantitative estimate of drug-likeness (QED) is 0.669. The van der Waals surface area contributed by atoms with Crippen LogP contribution in [0.5, 0.6) is 5.75 Å². The molecule has 0 radical (unpaired) electrons. The second kappa shape index (κ2) is 9.68. The number of hydrogen-bond donors (Lipinski definition) is 0. The van der Waals surface area contributed by atoms with Gasteiger partial charge in [-0.15, -0.1) is 0 Å². The van der Waals surface area contributed by atoms with Crippen molar-refractivity contribution >= 4 is 17.9 Å². The smallest absolute Gasteiger partial charge is 0.416 e. The number of rotatable bonds is 5. The van der Waals surface area contributed by atoms with Crippen molar-refractivity contribution in [3.63, 3.8) is 0 Å². The maximum absolute atomic E-state index is 12.7. The minimum atomic E-state index is -4.44. The lowest BCUT2D eigenvalue weighted by Gasteiger charge is -2.34. The Balaban J connectivity index is 1.52. The minimum Gasteiger partial charge on any atom is -0.494 e. The van der Waals surface area contributed by atoms with Crippen LogP contribution in [0.1, 0.15) is 28.4 Å². The molecule has 0 N–H and O–H groups in total. The van der Waals surface area contributed by atoms with Gasteiger partial charge in [0.1, 0.15) is 5.75 Å². The van der Waals surface area contributed by atoms with E-state index in [1.807, 2.05) is 31.2 Å². The Morgan fingerprint density at radius 2 is 1.52 bits per heavy atom. The highest BCUT2D eigenvalue weighted by Gasteiger charge is 2.31. The summed E-state index contributed by atoms with van der Waals surface area (Å²) in [6.45, 7) is 3.85. The number of piperazine rings is 1. The monoisotopic (exact) mass is 432 g/mol. The lowest BCUT2D eigenvalue weighted by molar-refractivity contribution is -0.137. The number of amides is 2. The molecule has 5 nitrogen and oxygen atoms in total. The second-order valence-corrected chi connectivity index (χ2v) is 7.03. The number of carbonyl (C=O) groups is 2. The molecule has 3 rings (SSSR count). The molecular formula is C23H23F3N2O3. The van der Waals surface area contributed by atoms with Gasteiger partial charge in [-0.3, -0.25) is 9.59 Å². The first-order chi connectivity index (χ1) is 14.8. The number of benzene rings is 2. The molecule has 2 aromatic rings. The molecule has 0 saturated carbocycles. The van der Waals surface area contributed by atoms with Crippen molar-refractivity contribution in [1.82, 2.24) is 9.80 Å². The van der Waals surface area contributed by atoms with Gasteiger partial charge in [0.15, 0.2) is 0 Å². The summed E-state index contributed by atoms with van der Waals surface area (Å²) in [6, 6.07) is 11.5. The van der Waals surface area contributed by atoms with Crippen LogP contribution in [-0.4, -0.2) is 54.4 Å². The number of alkyl halides is 3. The molecule has 1 aliphatic heterocycles.